The molecule has 150 valence electrons. The Bertz CT molecular complexity index is 910. The van der Waals surface area contributed by atoms with E-state index in [2.05, 4.69) is 40.1 Å². The SMILES string of the molecule is CCCOc1ccc(Br)cc1C1C(C(C)=O)=C(C)Nc2nc(SCCC)nn21. The van der Waals surface area contributed by atoms with Gasteiger partial charge in [0.25, 0.3) is 0 Å². The number of ether oxygens (including phenoxy) is 1. The van der Waals surface area contributed by atoms with E-state index in [-0.39, 0.29) is 11.8 Å². The number of carbonyl (C=O) groups excluding carboxylic acids is 1. The topological polar surface area (TPSA) is 69.0 Å². The van der Waals surface area contributed by atoms with Gasteiger partial charge in [-0.25, -0.2) is 4.68 Å². The third-order valence-corrected chi connectivity index (χ3v) is 5.91. The molecule has 28 heavy (non-hydrogen) atoms. The first-order valence-electron chi connectivity index (χ1n) is 9.46. The van der Waals surface area contributed by atoms with Crippen LogP contribution in [-0.2, 0) is 4.79 Å². The summed E-state index contributed by atoms with van der Waals surface area (Å²) in [4.78, 5) is 17.2. The summed E-state index contributed by atoms with van der Waals surface area (Å²) in [6.45, 7) is 8.31. The van der Waals surface area contributed by atoms with Crippen molar-refractivity contribution in [1.82, 2.24) is 14.8 Å². The van der Waals surface area contributed by atoms with E-state index in [1.54, 1.807) is 18.7 Å². The van der Waals surface area contributed by atoms with Crippen LogP contribution in [0.1, 0.15) is 52.1 Å². The number of aromatic nitrogens is 3. The fraction of sp³-hybridized carbons (Fsp3) is 0.450. The molecule has 0 fully saturated rings. The van der Waals surface area contributed by atoms with Crippen molar-refractivity contribution in [3.8, 4) is 5.75 Å². The molecule has 0 saturated heterocycles. The molecule has 3 rings (SSSR count). The monoisotopic (exact) mass is 464 g/mol. The van der Waals surface area contributed by atoms with Crippen molar-refractivity contribution >= 4 is 39.4 Å². The summed E-state index contributed by atoms with van der Waals surface area (Å²) in [7, 11) is 0. The van der Waals surface area contributed by atoms with Crippen molar-refractivity contribution in [2.75, 3.05) is 17.7 Å². The molecule has 0 radical (unpaired) electrons. The first-order valence-corrected chi connectivity index (χ1v) is 11.2. The van der Waals surface area contributed by atoms with Crippen LogP contribution in [0.5, 0.6) is 5.75 Å². The maximum Gasteiger partial charge on any atom is 0.227 e. The van der Waals surface area contributed by atoms with Gasteiger partial charge in [-0.05, 0) is 44.9 Å². The number of ketones is 1. The smallest absolute Gasteiger partial charge is 0.227 e. The Kier molecular flexibility index (Phi) is 6.82. The average molecular weight is 465 g/mol. The van der Waals surface area contributed by atoms with E-state index in [0.29, 0.717) is 23.3 Å². The van der Waals surface area contributed by atoms with Crippen LogP contribution in [0.15, 0.2) is 39.1 Å². The van der Waals surface area contributed by atoms with Gasteiger partial charge >= 0.3 is 0 Å². The summed E-state index contributed by atoms with van der Waals surface area (Å²) in [6.07, 6.45) is 1.95. The summed E-state index contributed by atoms with van der Waals surface area (Å²) in [5.41, 5.74) is 2.36. The zero-order valence-electron chi connectivity index (χ0n) is 16.6. The second-order valence-corrected chi connectivity index (χ2v) is 8.64. The number of allylic oxidation sites excluding steroid dienone is 2. The van der Waals surface area contributed by atoms with Crippen molar-refractivity contribution < 1.29 is 9.53 Å². The van der Waals surface area contributed by atoms with Gasteiger partial charge in [0.1, 0.15) is 11.8 Å². The van der Waals surface area contributed by atoms with Crippen LogP contribution in [0.4, 0.5) is 5.95 Å². The van der Waals surface area contributed by atoms with Gasteiger partial charge in [0.2, 0.25) is 11.1 Å². The van der Waals surface area contributed by atoms with Crippen LogP contribution < -0.4 is 10.1 Å². The van der Waals surface area contributed by atoms with Crippen molar-refractivity contribution in [3.63, 3.8) is 0 Å². The van der Waals surface area contributed by atoms with Crippen LogP contribution in [-0.4, -0.2) is 32.9 Å². The molecule has 6 nitrogen and oxygen atoms in total. The minimum atomic E-state index is -0.387. The molecule has 1 aliphatic rings. The minimum Gasteiger partial charge on any atom is -0.493 e. The van der Waals surface area contributed by atoms with Crippen LogP contribution in [0.25, 0.3) is 0 Å². The summed E-state index contributed by atoms with van der Waals surface area (Å²) >= 11 is 5.18. The lowest BCUT2D eigenvalue weighted by Crippen LogP contribution is -2.28. The number of benzene rings is 1. The lowest BCUT2D eigenvalue weighted by molar-refractivity contribution is -0.114. The third-order valence-electron chi connectivity index (χ3n) is 4.38. The standard InChI is InChI=1S/C20H25BrN4O2S/c1-5-9-27-16-8-7-14(21)11-15(16)18-17(13(4)26)12(3)22-19-23-20(24-25(18)19)28-10-6-2/h7-8,11,18H,5-6,9-10H2,1-4H3,(H,22,23,24). The van der Waals surface area contributed by atoms with Crippen LogP contribution in [0.3, 0.4) is 0 Å². The van der Waals surface area contributed by atoms with Gasteiger partial charge in [-0.15, -0.1) is 5.10 Å². The average Bonchev–Trinajstić information content (AvgIpc) is 3.06. The molecule has 8 heteroatoms. The lowest BCUT2D eigenvalue weighted by Gasteiger charge is -2.29. The highest BCUT2D eigenvalue weighted by Crippen LogP contribution is 2.41. The number of nitrogens with one attached hydrogen (secondary N) is 1. The summed E-state index contributed by atoms with van der Waals surface area (Å²) < 4.78 is 8.73. The summed E-state index contributed by atoms with van der Waals surface area (Å²) in [6, 6.07) is 5.50. The van der Waals surface area contributed by atoms with E-state index in [1.165, 1.54) is 0 Å². The highest BCUT2D eigenvalue weighted by molar-refractivity contribution is 9.10. The fourth-order valence-electron chi connectivity index (χ4n) is 3.21. The van der Waals surface area contributed by atoms with Crippen molar-refractivity contribution in [1.29, 1.82) is 0 Å². The molecule has 0 aliphatic carbocycles. The van der Waals surface area contributed by atoms with Gasteiger partial charge in [-0.3, -0.25) is 4.79 Å². The molecule has 0 spiro atoms. The Morgan fingerprint density at radius 3 is 2.82 bits per heavy atom. The molecule has 1 aromatic carbocycles. The molecule has 0 amide bonds. The van der Waals surface area contributed by atoms with Gasteiger partial charge in [0, 0.05) is 27.1 Å². The number of fused-ring (bicyclic) bond motifs is 1. The number of thioether (sulfide) groups is 1. The number of carbonyl (C=O) groups is 1. The second-order valence-electron chi connectivity index (χ2n) is 6.66. The van der Waals surface area contributed by atoms with E-state index < -0.39 is 0 Å². The molecule has 2 aromatic rings. The van der Waals surface area contributed by atoms with Crippen molar-refractivity contribution in [2.45, 2.75) is 51.7 Å². The molecule has 1 aromatic heterocycles. The van der Waals surface area contributed by atoms with Crippen LogP contribution in [0.2, 0.25) is 0 Å². The van der Waals surface area contributed by atoms with Crippen LogP contribution in [0, 0.1) is 0 Å². The molecule has 1 aliphatic heterocycles. The maximum absolute atomic E-state index is 12.6. The van der Waals surface area contributed by atoms with Crippen molar-refractivity contribution in [2.24, 2.45) is 0 Å². The summed E-state index contributed by atoms with van der Waals surface area (Å²) in [5, 5.41) is 8.67. The number of nitrogens with zero attached hydrogens (tertiary/aromatic N) is 3. The van der Waals surface area contributed by atoms with E-state index in [0.717, 1.165) is 40.1 Å². The van der Waals surface area contributed by atoms with E-state index in [9.17, 15) is 4.79 Å². The minimum absolute atomic E-state index is 0.000304. The highest BCUT2D eigenvalue weighted by atomic mass is 79.9. The molecule has 1 N–H and O–H groups in total. The number of halogens is 1. The van der Waals surface area contributed by atoms with Gasteiger partial charge in [-0.2, -0.15) is 4.98 Å². The first-order chi connectivity index (χ1) is 13.5. The van der Waals surface area contributed by atoms with Gasteiger partial charge in [-0.1, -0.05) is 41.5 Å². The van der Waals surface area contributed by atoms with Gasteiger partial charge in [0.15, 0.2) is 5.78 Å². The molecular formula is C20H25BrN4O2S. The Morgan fingerprint density at radius 1 is 1.36 bits per heavy atom. The molecule has 0 bridgehead atoms. The highest BCUT2D eigenvalue weighted by Gasteiger charge is 2.34. The predicted molar refractivity (Wildman–Crippen MR) is 116 cm³/mol. The largest absolute Gasteiger partial charge is 0.493 e. The number of hydrogen-bond donors (Lipinski definition) is 1. The first kappa shape index (κ1) is 20.9. The Balaban J connectivity index is 2.15. The van der Waals surface area contributed by atoms with Gasteiger partial charge < -0.3 is 10.1 Å². The molecule has 0 saturated carbocycles. The maximum atomic E-state index is 12.6. The fourth-order valence-corrected chi connectivity index (χ4v) is 4.27. The van der Waals surface area contributed by atoms with Crippen LogP contribution >= 0.6 is 27.7 Å². The Hall–Kier alpha value is -1.80. The molecule has 1 atom stereocenters. The normalized spacial score (nSPS) is 16.0. The molecular weight excluding hydrogens is 440 g/mol. The molecule has 1 unspecified atom stereocenters. The Labute approximate surface area is 178 Å². The number of Topliss-reactive ketones (excluding diaryl/α,β-unsaturated/α-hetero) is 1. The Morgan fingerprint density at radius 2 is 2.14 bits per heavy atom. The van der Waals surface area contributed by atoms with Gasteiger partial charge in [0.05, 0.1) is 6.61 Å². The third kappa shape index (κ3) is 4.27. The lowest BCUT2D eigenvalue weighted by atomic mass is 9.92. The number of hydrogen-bond acceptors (Lipinski definition) is 6. The summed E-state index contributed by atoms with van der Waals surface area (Å²) in [5.74, 6) is 2.35. The van der Waals surface area contributed by atoms with Crippen molar-refractivity contribution in [3.05, 3.63) is 39.5 Å². The second kappa shape index (κ2) is 9.13. The number of anilines is 1. The predicted octanol–water partition coefficient (Wildman–Crippen LogP) is 5.21. The zero-order chi connectivity index (χ0) is 20.3. The number of rotatable bonds is 8. The quantitative estimate of drug-likeness (QED) is 0.540. The van der Waals surface area contributed by atoms with E-state index >= 15 is 0 Å². The van der Waals surface area contributed by atoms with E-state index in [4.69, 9.17) is 9.84 Å². The zero-order valence-corrected chi connectivity index (χ0v) is 19.0. The van der Waals surface area contributed by atoms with E-state index in [1.807, 2.05) is 29.8 Å². The molecule has 2 heterocycles.